The fourth-order valence-corrected chi connectivity index (χ4v) is 12.1. The Bertz CT molecular complexity index is 600. The highest BCUT2D eigenvalue weighted by atomic mass is 31.2. The van der Waals surface area contributed by atoms with Gasteiger partial charge in [-0.15, -0.1) is 0 Å². The minimum atomic E-state index is -1.14. The molecule has 1 heteroatoms. The van der Waals surface area contributed by atoms with E-state index in [0.29, 0.717) is 5.66 Å². The normalized spacial score (nSPS) is 12.6. The minimum Gasteiger partial charge on any atom is -0.0989 e. The third kappa shape index (κ3) is 18.0. The van der Waals surface area contributed by atoms with Gasteiger partial charge in [0.25, 0.3) is 0 Å². The molecule has 0 radical (unpaired) electrons. The molecular weight excluding hydrogens is 499 g/mol. The molecule has 0 nitrogen and oxygen atoms in total. The number of rotatable bonds is 30. The third-order valence-electron chi connectivity index (χ3n) is 9.33. The third-order valence-corrected chi connectivity index (χ3v) is 14.6. The largest absolute Gasteiger partial charge is 0.112 e. The summed E-state index contributed by atoms with van der Waals surface area (Å²) >= 11 is 0. The summed E-state index contributed by atoms with van der Waals surface area (Å²) in [6, 6.07) is 11.6. The van der Waals surface area contributed by atoms with Gasteiger partial charge < -0.3 is 0 Å². The molecule has 1 rings (SSSR count). The summed E-state index contributed by atoms with van der Waals surface area (Å²) in [5.41, 5.74) is 2.16. The topological polar surface area (TPSA) is 0 Å². The van der Waals surface area contributed by atoms with Gasteiger partial charge in [0, 0.05) is 7.26 Å². The standard InChI is InChI=1S/C39H72P/c1-5-9-12-15-18-21-24-30-35-40(36-31-25-22-19-16-13-10-6-2,37-32-26-23-20-17-14-11-7-3)39(8-4)38-33-28-27-29-34-38/h8,27-29,33-34,39H,4-7,9-26,30-32,35-37H2,1-3H3/q+1. The monoisotopic (exact) mass is 572 g/mol. The van der Waals surface area contributed by atoms with Crippen molar-refractivity contribution in [2.24, 2.45) is 0 Å². The first-order valence-corrected chi connectivity index (χ1v) is 20.7. The van der Waals surface area contributed by atoms with Crippen LogP contribution in [-0.2, 0) is 0 Å². The molecule has 0 bridgehead atoms. The summed E-state index contributed by atoms with van der Waals surface area (Å²) in [7, 11) is -1.14. The van der Waals surface area contributed by atoms with Crippen LogP contribution in [0.2, 0.25) is 0 Å². The zero-order valence-electron chi connectivity index (χ0n) is 27.8. The van der Waals surface area contributed by atoms with Crippen LogP contribution in [0.4, 0.5) is 0 Å². The van der Waals surface area contributed by atoms with Crippen LogP contribution >= 0.6 is 7.26 Å². The predicted molar refractivity (Wildman–Crippen MR) is 189 cm³/mol. The summed E-state index contributed by atoms with van der Waals surface area (Å²) in [6.07, 6.45) is 41.3. The molecule has 1 unspecified atom stereocenters. The SMILES string of the molecule is C=CC(c1ccccc1)[P+](CCCCCCCCCC)(CCCCCCCCCC)CCCCCCCCCC. The average molecular weight is 572 g/mol. The van der Waals surface area contributed by atoms with E-state index in [1.54, 1.807) is 5.56 Å². The molecule has 1 aromatic carbocycles. The fourth-order valence-electron chi connectivity index (χ4n) is 6.76. The maximum atomic E-state index is 4.49. The molecule has 1 aromatic rings. The lowest BCUT2D eigenvalue weighted by molar-refractivity contribution is 0.579. The number of unbranched alkanes of at least 4 members (excludes halogenated alkanes) is 21. The molecular formula is C39H72P+. The summed E-state index contributed by atoms with van der Waals surface area (Å²) in [6.45, 7) is 11.5. The maximum absolute atomic E-state index is 4.49. The van der Waals surface area contributed by atoms with Crippen molar-refractivity contribution >= 4 is 7.26 Å². The van der Waals surface area contributed by atoms with Crippen LogP contribution < -0.4 is 0 Å². The zero-order chi connectivity index (χ0) is 29.0. The average Bonchev–Trinajstić information content (AvgIpc) is 2.98. The molecule has 0 aliphatic heterocycles. The Morgan fingerprint density at radius 2 is 0.775 bits per heavy atom. The van der Waals surface area contributed by atoms with Crippen LogP contribution in [0.5, 0.6) is 0 Å². The van der Waals surface area contributed by atoms with Gasteiger partial charge in [0.05, 0.1) is 18.5 Å². The van der Waals surface area contributed by atoms with Gasteiger partial charge >= 0.3 is 0 Å². The maximum Gasteiger partial charge on any atom is 0.112 e. The van der Waals surface area contributed by atoms with Crippen molar-refractivity contribution in [3.8, 4) is 0 Å². The summed E-state index contributed by atoms with van der Waals surface area (Å²) < 4.78 is 0. The Hall–Kier alpha value is -0.610. The fraction of sp³-hybridized carbons (Fsp3) is 0.795. The molecule has 0 aliphatic rings. The first kappa shape index (κ1) is 37.4. The van der Waals surface area contributed by atoms with Gasteiger partial charge in [-0.1, -0.05) is 173 Å². The van der Waals surface area contributed by atoms with Crippen LogP contribution in [0.3, 0.4) is 0 Å². The van der Waals surface area contributed by atoms with Gasteiger partial charge in [-0.25, -0.2) is 0 Å². The zero-order valence-corrected chi connectivity index (χ0v) is 28.7. The lowest BCUT2D eigenvalue weighted by Crippen LogP contribution is -2.16. The van der Waals surface area contributed by atoms with Crippen molar-refractivity contribution in [1.29, 1.82) is 0 Å². The van der Waals surface area contributed by atoms with Crippen molar-refractivity contribution in [3.05, 3.63) is 48.6 Å². The van der Waals surface area contributed by atoms with Crippen LogP contribution in [0, 0.1) is 0 Å². The molecule has 0 fully saturated rings. The van der Waals surface area contributed by atoms with Gasteiger partial charge in [-0.05, 0) is 50.2 Å². The van der Waals surface area contributed by atoms with Crippen molar-refractivity contribution in [2.45, 2.75) is 181 Å². The van der Waals surface area contributed by atoms with Crippen molar-refractivity contribution in [1.82, 2.24) is 0 Å². The number of hydrogen-bond acceptors (Lipinski definition) is 0. The lowest BCUT2D eigenvalue weighted by atomic mass is 10.1. The number of benzene rings is 1. The molecule has 1 atom stereocenters. The Morgan fingerprint density at radius 1 is 0.475 bits per heavy atom. The lowest BCUT2D eigenvalue weighted by Gasteiger charge is -2.34. The molecule has 0 spiro atoms. The van der Waals surface area contributed by atoms with E-state index in [0.717, 1.165) is 0 Å². The summed E-state index contributed by atoms with van der Waals surface area (Å²) in [4.78, 5) is 0. The van der Waals surface area contributed by atoms with Gasteiger partial charge in [-0.2, -0.15) is 0 Å². The van der Waals surface area contributed by atoms with Crippen molar-refractivity contribution < 1.29 is 0 Å². The molecule has 0 aromatic heterocycles. The molecule has 0 N–H and O–H groups in total. The Kier molecular flexibility index (Phi) is 25.5. The van der Waals surface area contributed by atoms with Crippen LogP contribution in [0.15, 0.2) is 43.0 Å². The van der Waals surface area contributed by atoms with Gasteiger partial charge in [-0.3, -0.25) is 0 Å². The highest BCUT2D eigenvalue weighted by Crippen LogP contribution is 2.71. The van der Waals surface area contributed by atoms with E-state index < -0.39 is 7.26 Å². The molecule has 0 heterocycles. The first-order valence-electron chi connectivity index (χ1n) is 18.3. The Labute approximate surface area is 254 Å². The highest BCUT2D eigenvalue weighted by Gasteiger charge is 2.43. The van der Waals surface area contributed by atoms with E-state index in [4.69, 9.17) is 0 Å². The van der Waals surface area contributed by atoms with E-state index in [1.807, 2.05) is 0 Å². The first-order chi connectivity index (χ1) is 19.7. The Balaban J connectivity index is 2.83. The van der Waals surface area contributed by atoms with Gasteiger partial charge in [0.15, 0.2) is 0 Å². The van der Waals surface area contributed by atoms with Crippen LogP contribution in [-0.4, -0.2) is 18.5 Å². The van der Waals surface area contributed by atoms with Crippen molar-refractivity contribution in [2.75, 3.05) is 18.5 Å². The predicted octanol–water partition coefficient (Wildman–Crippen LogP) is 14.4. The highest BCUT2D eigenvalue weighted by molar-refractivity contribution is 7.76. The van der Waals surface area contributed by atoms with E-state index in [9.17, 15) is 0 Å². The van der Waals surface area contributed by atoms with Crippen molar-refractivity contribution in [3.63, 3.8) is 0 Å². The van der Waals surface area contributed by atoms with E-state index in [-0.39, 0.29) is 0 Å². The van der Waals surface area contributed by atoms with E-state index in [2.05, 4.69) is 63.8 Å². The summed E-state index contributed by atoms with van der Waals surface area (Å²) in [5.74, 6) is 0. The Morgan fingerprint density at radius 3 is 1.07 bits per heavy atom. The van der Waals surface area contributed by atoms with E-state index >= 15 is 0 Å². The second-order valence-electron chi connectivity index (χ2n) is 12.9. The second kappa shape index (κ2) is 27.2. The molecule has 40 heavy (non-hydrogen) atoms. The van der Waals surface area contributed by atoms with Gasteiger partial charge in [0.2, 0.25) is 0 Å². The quantitative estimate of drug-likeness (QED) is 0.0489. The number of allylic oxidation sites excluding steroid dienone is 1. The molecule has 232 valence electrons. The van der Waals surface area contributed by atoms with Gasteiger partial charge in [0.1, 0.15) is 5.66 Å². The van der Waals surface area contributed by atoms with E-state index in [1.165, 1.54) is 173 Å². The van der Waals surface area contributed by atoms with Crippen LogP contribution in [0.1, 0.15) is 186 Å². The smallest absolute Gasteiger partial charge is 0.0989 e. The minimum absolute atomic E-state index is 0.604. The molecule has 0 amide bonds. The molecule has 0 saturated heterocycles. The number of hydrogen-bond donors (Lipinski definition) is 0. The van der Waals surface area contributed by atoms with Crippen LogP contribution in [0.25, 0.3) is 0 Å². The second-order valence-corrected chi connectivity index (χ2v) is 17.2. The summed E-state index contributed by atoms with van der Waals surface area (Å²) in [5, 5.41) is 0. The molecule has 0 saturated carbocycles. The molecule has 0 aliphatic carbocycles.